The number of nitrogens with two attached hydrogens (primary N) is 1. The number of nitrogen functional groups attached to an aromatic ring is 1. The Morgan fingerprint density at radius 2 is 2.12 bits per heavy atom. The van der Waals surface area contributed by atoms with Crippen LogP contribution in [-0.2, 0) is 0 Å². The van der Waals surface area contributed by atoms with Crippen molar-refractivity contribution in [2.45, 2.75) is 32.7 Å². The van der Waals surface area contributed by atoms with Gasteiger partial charge < -0.3 is 10.3 Å². The minimum absolute atomic E-state index is 0.596. The predicted octanol–water partition coefficient (Wildman–Crippen LogP) is 3.23. The molecule has 0 spiro atoms. The molecule has 17 heavy (non-hydrogen) atoms. The number of anilines is 1. The lowest BCUT2D eigenvalue weighted by Crippen LogP contribution is -2.13. The second-order valence-corrected chi connectivity index (χ2v) is 5.38. The van der Waals surface area contributed by atoms with E-state index in [1.54, 1.807) is 0 Å². The molecule has 1 heterocycles. The van der Waals surface area contributed by atoms with E-state index in [1.807, 2.05) is 18.5 Å². The summed E-state index contributed by atoms with van der Waals surface area (Å²) in [6.07, 6.45) is 4.56. The van der Waals surface area contributed by atoms with Crippen LogP contribution in [0.25, 0.3) is 11.0 Å². The maximum atomic E-state index is 5.79. The molecule has 0 radical (unpaired) electrons. The highest BCUT2D eigenvalue weighted by Gasteiger charge is 2.31. The zero-order chi connectivity index (χ0) is 12.0. The fourth-order valence-electron chi connectivity index (χ4n) is 3.04. The Balaban J connectivity index is 2.06. The van der Waals surface area contributed by atoms with Crippen molar-refractivity contribution in [2.75, 3.05) is 5.73 Å². The van der Waals surface area contributed by atoms with Gasteiger partial charge in [0.15, 0.2) is 0 Å². The molecule has 2 N–H and O–H groups in total. The van der Waals surface area contributed by atoms with Crippen molar-refractivity contribution in [1.29, 1.82) is 0 Å². The Hall–Kier alpha value is -1.51. The molecule has 1 fully saturated rings. The lowest BCUT2D eigenvalue weighted by molar-refractivity contribution is 0.358. The standard InChI is InChI=1S/C14H19N3/c1-9-3-5-13(10(9)2)17-8-16-12-7-11(15)4-6-14(12)17/h4,6-10,13H,3,5,15H2,1-2H3. The van der Waals surface area contributed by atoms with E-state index in [-0.39, 0.29) is 0 Å². The second kappa shape index (κ2) is 3.76. The highest BCUT2D eigenvalue weighted by molar-refractivity contribution is 5.79. The van der Waals surface area contributed by atoms with Crippen molar-refractivity contribution in [2.24, 2.45) is 11.8 Å². The van der Waals surface area contributed by atoms with Crippen molar-refractivity contribution in [1.82, 2.24) is 9.55 Å². The molecule has 0 amide bonds. The predicted molar refractivity (Wildman–Crippen MR) is 70.7 cm³/mol. The van der Waals surface area contributed by atoms with E-state index >= 15 is 0 Å². The molecule has 0 aliphatic heterocycles. The van der Waals surface area contributed by atoms with Crippen LogP contribution < -0.4 is 5.73 Å². The third kappa shape index (κ3) is 1.61. The first-order valence-electron chi connectivity index (χ1n) is 6.39. The number of aromatic nitrogens is 2. The molecule has 1 saturated carbocycles. The number of benzene rings is 1. The Morgan fingerprint density at radius 1 is 1.29 bits per heavy atom. The van der Waals surface area contributed by atoms with Crippen LogP contribution in [0.15, 0.2) is 24.5 Å². The summed E-state index contributed by atoms with van der Waals surface area (Å²) in [6.45, 7) is 4.70. The van der Waals surface area contributed by atoms with Crippen LogP contribution in [0.5, 0.6) is 0 Å². The smallest absolute Gasteiger partial charge is 0.0961 e. The summed E-state index contributed by atoms with van der Waals surface area (Å²) >= 11 is 0. The lowest BCUT2D eigenvalue weighted by Gasteiger charge is -2.20. The van der Waals surface area contributed by atoms with E-state index in [0.29, 0.717) is 6.04 Å². The van der Waals surface area contributed by atoms with Crippen LogP contribution >= 0.6 is 0 Å². The summed E-state index contributed by atoms with van der Waals surface area (Å²) in [7, 11) is 0. The van der Waals surface area contributed by atoms with E-state index < -0.39 is 0 Å². The molecule has 1 aliphatic rings. The Morgan fingerprint density at radius 3 is 2.82 bits per heavy atom. The van der Waals surface area contributed by atoms with Crippen molar-refractivity contribution in [3.05, 3.63) is 24.5 Å². The van der Waals surface area contributed by atoms with E-state index in [0.717, 1.165) is 23.0 Å². The fourth-order valence-corrected chi connectivity index (χ4v) is 3.04. The molecule has 0 saturated heterocycles. The topological polar surface area (TPSA) is 43.8 Å². The highest BCUT2D eigenvalue weighted by Crippen LogP contribution is 2.41. The molecule has 3 atom stereocenters. The van der Waals surface area contributed by atoms with Crippen molar-refractivity contribution in [3.63, 3.8) is 0 Å². The van der Waals surface area contributed by atoms with Crippen LogP contribution in [0.2, 0.25) is 0 Å². The first-order chi connectivity index (χ1) is 8.16. The molecule has 0 bridgehead atoms. The molecule has 2 aromatic rings. The summed E-state index contributed by atoms with van der Waals surface area (Å²) in [6, 6.07) is 6.60. The summed E-state index contributed by atoms with van der Waals surface area (Å²) in [5.41, 5.74) is 8.80. The van der Waals surface area contributed by atoms with Gasteiger partial charge >= 0.3 is 0 Å². The van der Waals surface area contributed by atoms with Crippen LogP contribution in [0.4, 0.5) is 5.69 Å². The van der Waals surface area contributed by atoms with Gasteiger partial charge in [-0.2, -0.15) is 0 Å². The maximum Gasteiger partial charge on any atom is 0.0961 e. The van der Waals surface area contributed by atoms with E-state index in [2.05, 4.69) is 29.5 Å². The van der Waals surface area contributed by atoms with Gasteiger partial charge in [0.1, 0.15) is 0 Å². The summed E-state index contributed by atoms with van der Waals surface area (Å²) < 4.78 is 2.34. The van der Waals surface area contributed by atoms with Crippen molar-refractivity contribution in [3.8, 4) is 0 Å². The summed E-state index contributed by atoms with van der Waals surface area (Å²) in [5, 5.41) is 0. The Bertz CT molecular complexity index is 543. The van der Waals surface area contributed by atoms with Crippen LogP contribution in [-0.4, -0.2) is 9.55 Å². The Kier molecular flexibility index (Phi) is 2.35. The number of rotatable bonds is 1. The zero-order valence-corrected chi connectivity index (χ0v) is 10.4. The third-order valence-electron chi connectivity index (χ3n) is 4.38. The van der Waals surface area contributed by atoms with Crippen molar-refractivity contribution >= 4 is 16.7 Å². The third-order valence-corrected chi connectivity index (χ3v) is 4.38. The molecule has 1 aromatic carbocycles. The minimum atomic E-state index is 0.596. The Labute approximate surface area is 102 Å². The number of hydrogen-bond acceptors (Lipinski definition) is 2. The second-order valence-electron chi connectivity index (χ2n) is 5.38. The van der Waals surface area contributed by atoms with Gasteiger partial charge in [-0.15, -0.1) is 0 Å². The first-order valence-corrected chi connectivity index (χ1v) is 6.39. The van der Waals surface area contributed by atoms with E-state index in [1.165, 1.54) is 18.4 Å². The quantitative estimate of drug-likeness (QED) is 0.763. The van der Waals surface area contributed by atoms with Gasteiger partial charge in [0.2, 0.25) is 0 Å². The van der Waals surface area contributed by atoms with Crippen LogP contribution in [0.3, 0.4) is 0 Å². The van der Waals surface area contributed by atoms with Gasteiger partial charge in [-0.25, -0.2) is 4.98 Å². The van der Waals surface area contributed by atoms with Gasteiger partial charge in [-0.05, 0) is 42.9 Å². The summed E-state index contributed by atoms with van der Waals surface area (Å²) in [5.74, 6) is 1.54. The van der Waals surface area contributed by atoms with Gasteiger partial charge in [0, 0.05) is 11.7 Å². The molecule has 90 valence electrons. The van der Waals surface area contributed by atoms with Crippen LogP contribution in [0.1, 0.15) is 32.7 Å². The molecule has 3 unspecified atom stereocenters. The number of nitrogens with zero attached hydrogens (tertiary/aromatic N) is 2. The zero-order valence-electron chi connectivity index (χ0n) is 10.4. The highest BCUT2D eigenvalue weighted by atomic mass is 15.1. The number of hydrogen-bond donors (Lipinski definition) is 1. The lowest BCUT2D eigenvalue weighted by atomic mass is 9.97. The maximum absolute atomic E-state index is 5.79. The van der Waals surface area contributed by atoms with Crippen molar-refractivity contribution < 1.29 is 0 Å². The average Bonchev–Trinajstić information content (AvgIpc) is 2.84. The molecule has 1 aliphatic carbocycles. The molecular formula is C14H19N3. The monoisotopic (exact) mass is 229 g/mol. The van der Waals surface area contributed by atoms with E-state index in [9.17, 15) is 0 Å². The minimum Gasteiger partial charge on any atom is -0.399 e. The number of fused-ring (bicyclic) bond motifs is 1. The molecule has 3 heteroatoms. The van der Waals surface area contributed by atoms with E-state index in [4.69, 9.17) is 5.73 Å². The SMILES string of the molecule is CC1CCC(n2cnc3cc(N)ccc32)C1C. The van der Waals surface area contributed by atoms with Gasteiger partial charge in [0.05, 0.1) is 17.4 Å². The molecule has 3 rings (SSSR count). The molecular weight excluding hydrogens is 210 g/mol. The first kappa shape index (κ1) is 10.6. The normalized spacial score (nSPS) is 28.9. The van der Waals surface area contributed by atoms with Crippen LogP contribution in [0, 0.1) is 11.8 Å². The van der Waals surface area contributed by atoms with Gasteiger partial charge in [-0.3, -0.25) is 0 Å². The van der Waals surface area contributed by atoms with Gasteiger partial charge in [0.25, 0.3) is 0 Å². The largest absolute Gasteiger partial charge is 0.399 e. The molecule has 1 aromatic heterocycles. The average molecular weight is 229 g/mol. The molecule has 3 nitrogen and oxygen atoms in total. The van der Waals surface area contributed by atoms with Gasteiger partial charge in [-0.1, -0.05) is 13.8 Å². The fraction of sp³-hybridized carbons (Fsp3) is 0.500. The number of imidazole rings is 1. The summed E-state index contributed by atoms with van der Waals surface area (Å²) in [4.78, 5) is 4.47.